The van der Waals surface area contributed by atoms with Gasteiger partial charge in [-0.3, -0.25) is 9.59 Å². The first-order valence-corrected chi connectivity index (χ1v) is 8.40. The third kappa shape index (κ3) is 5.23. The Hall–Kier alpha value is -2.08. The number of hydrogen-bond donors (Lipinski definition) is 2. The molecule has 1 aliphatic rings. The molecule has 1 saturated heterocycles. The standard InChI is InChI=1S/C17H21ClN2O4/c18-13-8-6-12(7-9-13)16(17(23)24)19-14(21)11-20-10-4-2-1-3-5-15(20)22/h6-9,16H,1-5,10-11H2,(H,19,21)(H,23,24). The molecule has 0 bridgehead atoms. The number of aliphatic carboxylic acids is 1. The van der Waals surface area contributed by atoms with E-state index < -0.39 is 17.9 Å². The summed E-state index contributed by atoms with van der Waals surface area (Å²) in [4.78, 5) is 37.2. The molecule has 24 heavy (non-hydrogen) atoms. The van der Waals surface area contributed by atoms with Crippen LogP contribution < -0.4 is 5.32 Å². The number of carboxylic acid groups (broad SMARTS) is 1. The van der Waals surface area contributed by atoms with Gasteiger partial charge in [-0.25, -0.2) is 4.79 Å². The molecule has 1 atom stereocenters. The molecule has 130 valence electrons. The fourth-order valence-electron chi connectivity index (χ4n) is 2.71. The number of halogens is 1. The monoisotopic (exact) mass is 352 g/mol. The molecule has 1 heterocycles. The number of carboxylic acids is 1. The molecule has 6 nitrogen and oxygen atoms in total. The summed E-state index contributed by atoms with van der Waals surface area (Å²) >= 11 is 5.80. The van der Waals surface area contributed by atoms with Gasteiger partial charge in [-0.2, -0.15) is 0 Å². The molecule has 1 aromatic rings. The Balaban J connectivity index is 2.00. The second-order valence-electron chi connectivity index (χ2n) is 5.87. The van der Waals surface area contributed by atoms with E-state index in [1.807, 2.05) is 0 Å². The SMILES string of the molecule is O=C(CN1CCCCCCC1=O)NC(C(=O)O)c1ccc(Cl)cc1. The van der Waals surface area contributed by atoms with Crippen molar-refractivity contribution < 1.29 is 19.5 Å². The fraction of sp³-hybridized carbons (Fsp3) is 0.471. The number of likely N-dealkylation sites (tertiary alicyclic amines) is 1. The summed E-state index contributed by atoms with van der Waals surface area (Å²) < 4.78 is 0. The Morgan fingerprint density at radius 3 is 2.50 bits per heavy atom. The zero-order chi connectivity index (χ0) is 17.5. The summed E-state index contributed by atoms with van der Waals surface area (Å²) in [6, 6.07) is 5.09. The predicted octanol–water partition coefficient (Wildman–Crippen LogP) is 2.37. The van der Waals surface area contributed by atoms with Gasteiger partial charge in [0.2, 0.25) is 11.8 Å². The zero-order valence-corrected chi connectivity index (χ0v) is 14.1. The third-order valence-electron chi connectivity index (χ3n) is 4.01. The molecule has 1 fully saturated rings. The first-order chi connectivity index (χ1) is 11.5. The van der Waals surface area contributed by atoms with Crippen molar-refractivity contribution in [3.8, 4) is 0 Å². The van der Waals surface area contributed by atoms with Crippen LogP contribution in [0.3, 0.4) is 0 Å². The van der Waals surface area contributed by atoms with Gasteiger partial charge in [-0.15, -0.1) is 0 Å². The average molecular weight is 353 g/mol. The van der Waals surface area contributed by atoms with Crippen molar-refractivity contribution in [2.24, 2.45) is 0 Å². The van der Waals surface area contributed by atoms with Crippen molar-refractivity contribution in [2.45, 2.75) is 38.1 Å². The molecule has 1 aliphatic heterocycles. The maximum atomic E-state index is 12.2. The van der Waals surface area contributed by atoms with E-state index in [1.165, 1.54) is 4.90 Å². The van der Waals surface area contributed by atoms with Crippen LogP contribution in [0, 0.1) is 0 Å². The van der Waals surface area contributed by atoms with E-state index in [4.69, 9.17) is 11.6 Å². The van der Waals surface area contributed by atoms with E-state index in [0.29, 0.717) is 23.6 Å². The number of amides is 2. The first-order valence-electron chi connectivity index (χ1n) is 8.03. The normalized spacial score (nSPS) is 16.9. The second kappa shape index (κ2) is 8.68. The Morgan fingerprint density at radius 2 is 1.83 bits per heavy atom. The first kappa shape index (κ1) is 18.3. The molecule has 7 heteroatoms. The zero-order valence-electron chi connectivity index (χ0n) is 13.3. The lowest BCUT2D eigenvalue weighted by Crippen LogP contribution is -2.44. The van der Waals surface area contributed by atoms with E-state index in [-0.39, 0.29) is 12.5 Å². The largest absolute Gasteiger partial charge is 0.479 e. The highest BCUT2D eigenvalue weighted by atomic mass is 35.5. The van der Waals surface area contributed by atoms with Crippen molar-refractivity contribution in [3.63, 3.8) is 0 Å². The molecule has 2 amide bonds. The van der Waals surface area contributed by atoms with Crippen molar-refractivity contribution in [1.29, 1.82) is 0 Å². The molecule has 0 aromatic heterocycles. The molecular formula is C17H21ClN2O4. The Labute approximate surface area is 145 Å². The summed E-state index contributed by atoms with van der Waals surface area (Å²) in [7, 11) is 0. The van der Waals surface area contributed by atoms with Gasteiger partial charge in [-0.1, -0.05) is 36.6 Å². The number of carbonyl (C=O) groups is 3. The van der Waals surface area contributed by atoms with Crippen molar-refractivity contribution >= 4 is 29.4 Å². The van der Waals surface area contributed by atoms with Crippen LogP contribution >= 0.6 is 11.6 Å². The van der Waals surface area contributed by atoms with Crippen LogP contribution in [0.4, 0.5) is 0 Å². The van der Waals surface area contributed by atoms with Crippen molar-refractivity contribution in [1.82, 2.24) is 10.2 Å². The second-order valence-corrected chi connectivity index (χ2v) is 6.31. The number of benzene rings is 1. The molecule has 0 spiro atoms. The summed E-state index contributed by atoms with van der Waals surface area (Å²) in [5, 5.41) is 12.3. The molecule has 1 unspecified atom stereocenters. The third-order valence-corrected chi connectivity index (χ3v) is 4.26. The van der Waals surface area contributed by atoms with Crippen LogP contribution in [0.25, 0.3) is 0 Å². The van der Waals surface area contributed by atoms with Crippen LogP contribution in [-0.4, -0.2) is 40.9 Å². The van der Waals surface area contributed by atoms with Gasteiger partial charge in [0.05, 0.1) is 6.54 Å². The van der Waals surface area contributed by atoms with E-state index in [9.17, 15) is 19.5 Å². The van der Waals surface area contributed by atoms with Crippen LogP contribution in [0.15, 0.2) is 24.3 Å². The molecule has 1 aromatic carbocycles. The molecular weight excluding hydrogens is 332 g/mol. The van der Waals surface area contributed by atoms with E-state index in [1.54, 1.807) is 24.3 Å². The Morgan fingerprint density at radius 1 is 1.17 bits per heavy atom. The lowest BCUT2D eigenvalue weighted by atomic mass is 10.1. The van der Waals surface area contributed by atoms with Gasteiger partial charge < -0.3 is 15.3 Å². The van der Waals surface area contributed by atoms with Gasteiger partial charge in [0.1, 0.15) is 0 Å². The summed E-state index contributed by atoms with van der Waals surface area (Å²) in [5.74, 6) is -1.70. The summed E-state index contributed by atoms with van der Waals surface area (Å²) in [5.41, 5.74) is 0.430. The van der Waals surface area contributed by atoms with Crippen LogP contribution in [-0.2, 0) is 14.4 Å². The van der Waals surface area contributed by atoms with Crippen LogP contribution in [0.2, 0.25) is 5.02 Å². The van der Waals surface area contributed by atoms with Gasteiger partial charge in [0.15, 0.2) is 6.04 Å². The number of nitrogens with zero attached hydrogens (tertiary/aromatic N) is 1. The van der Waals surface area contributed by atoms with E-state index in [2.05, 4.69) is 5.32 Å². The molecule has 0 aliphatic carbocycles. The highest BCUT2D eigenvalue weighted by molar-refractivity contribution is 6.30. The lowest BCUT2D eigenvalue weighted by molar-refractivity contribution is -0.143. The quantitative estimate of drug-likeness (QED) is 0.851. The summed E-state index contributed by atoms with van der Waals surface area (Å²) in [6.07, 6.45) is 4.20. The number of carbonyl (C=O) groups excluding carboxylic acids is 2. The Bertz CT molecular complexity index is 603. The smallest absolute Gasteiger partial charge is 0.330 e. The van der Waals surface area contributed by atoms with E-state index in [0.717, 1.165) is 25.7 Å². The minimum absolute atomic E-state index is 0.0526. The molecule has 0 radical (unpaired) electrons. The average Bonchev–Trinajstić information content (AvgIpc) is 2.53. The van der Waals surface area contributed by atoms with Crippen molar-refractivity contribution in [2.75, 3.05) is 13.1 Å². The number of hydrogen-bond acceptors (Lipinski definition) is 3. The predicted molar refractivity (Wildman–Crippen MR) is 89.6 cm³/mol. The Kier molecular flexibility index (Phi) is 6.61. The van der Waals surface area contributed by atoms with Gasteiger partial charge >= 0.3 is 5.97 Å². The minimum Gasteiger partial charge on any atom is -0.479 e. The van der Waals surface area contributed by atoms with Gasteiger partial charge in [-0.05, 0) is 30.5 Å². The molecule has 2 rings (SSSR count). The minimum atomic E-state index is -1.17. The summed E-state index contributed by atoms with van der Waals surface area (Å²) in [6.45, 7) is 0.418. The van der Waals surface area contributed by atoms with Crippen LogP contribution in [0.1, 0.15) is 43.7 Å². The lowest BCUT2D eigenvalue weighted by Gasteiger charge is -2.25. The van der Waals surface area contributed by atoms with Crippen LogP contribution in [0.5, 0.6) is 0 Å². The number of nitrogens with one attached hydrogen (secondary N) is 1. The molecule has 0 saturated carbocycles. The van der Waals surface area contributed by atoms with Gasteiger partial charge in [0.25, 0.3) is 0 Å². The maximum absolute atomic E-state index is 12.2. The van der Waals surface area contributed by atoms with E-state index >= 15 is 0 Å². The molecule has 2 N–H and O–H groups in total. The van der Waals surface area contributed by atoms with Gasteiger partial charge in [0, 0.05) is 18.0 Å². The topological polar surface area (TPSA) is 86.7 Å². The van der Waals surface area contributed by atoms with Crippen molar-refractivity contribution in [3.05, 3.63) is 34.9 Å². The maximum Gasteiger partial charge on any atom is 0.330 e. The highest BCUT2D eigenvalue weighted by Gasteiger charge is 2.24. The highest BCUT2D eigenvalue weighted by Crippen LogP contribution is 2.17. The fourth-order valence-corrected chi connectivity index (χ4v) is 2.83. The number of rotatable bonds is 5.